The molecule has 2 amide bonds. The molecule has 3 aromatic rings. The van der Waals surface area contributed by atoms with Gasteiger partial charge in [0.2, 0.25) is 0 Å². The van der Waals surface area contributed by atoms with E-state index in [2.05, 4.69) is 20.6 Å². The van der Waals surface area contributed by atoms with Crippen LogP contribution >= 0.6 is 0 Å². The molecule has 0 atom stereocenters. The standard InChI is InChI=1S/C18H20N4O2/c1-11-9-15(10-12(2)20-11)22-18(23)19-8-7-14-5-4-6-16-17(14)21-13(3)24-16/h4-6,9-10H,7-8H2,1-3H3,(H2,19,20,22,23). The minimum atomic E-state index is -0.233. The van der Waals surface area contributed by atoms with Crippen molar-refractivity contribution in [1.82, 2.24) is 15.3 Å². The lowest BCUT2D eigenvalue weighted by Gasteiger charge is -2.09. The predicted molar refractivity (Wildman–Crippen MR) is 93.2 cm³/mol. The first-order valence-electron chi connectivity index (χ1n) is 7.86. The molecule has 24 heavy (non-hydrogen) atoms. The van der Waals surface area contributed by atoms with Crippen LogP contribution in [0.25, 0.3) is 11.1 Å². The molecule has 0 aliphatic carbocycles. The smallest absolute Gasteiger partial charge is 0.319 e. The second-order valence-electron chi connectivity index (χ2n) is 5.77. The Hall–Kier alpha value is -2.89. The molecule has 0 aliphatic heterocycles. The molecule has 2 heterocycles. The zero-order valence-corrected chi connectivity index (χ0v) is 14.0. The first kappa shape index (κ1) is 16.0. The van der Waals surface area contributed by atoms with E-state index in [9.17, 15) is 4.79 Å². The molecule has 0 spiro atoms. The number of amides is 2. The fourth-order valence-electron chi connectivity index (χ4n) is 2.71. The lowest BCUT2D eigenvalue weighted by Crippen LogP contribution is -2.30. The molecular weight excluding hydrogens is 304 g/mol. The van der Waals surface area contributed by atoms with E-state index in [0.717, 1.165) is 33.7 Å². The van der Waals surface area contributed by atoms with Crippen molar-refractivity contribution < 1.29 is 9.21 Å². The van der Waals surface area contributed by atoms with Gasteiger partial charge in [-0.3, -0.25) is 4.98 Å². The van der Waals surface area contributed by atoms with Gasteiger partial charge in [-0.1, -0.05) is 12.1 Å². The summed E-state index contributed by atoms with van der Waals surface area (Å²) < 4.78 is 5.52. The lowest BCUT2D eigenvalue weighted by molar-refractivity contribution is 0.252. The summed E-state index contributed by atoms with van der Waals surface area (Å²) in [6.07, 6.45) is 0.686. The van der Waals surface area contributed by atoms with E-state index in [-0.39, 0.29) is 6.03 Å². The van der Waals surface area contributed by atoms with Crippen LogP contribution in [0.3, 0.4) is 0 Å². The van der Waals surface area contributed by atoms with Crippen molar-refractivity contribution in [2.45, 2.75) is 27.2 Å². The molecule has 0 aliphatic rings. The van der Waals surface area contributed by atoms with Crippen molar-refractivity contribution >= 4 is 22.8 Å². The number of urea groups is 1. The fraction of sp³-hybridized carbons (Fsp3) is 0.278. The van der Waals surface area contributed by atoms with Crippen molar-refractivity contribution in [2.24, 2.45) is 0 Å². The van der Waals surface area contributed by atoms with Gasteiger partial charge in [-0.2, -0.15) is 0 Å². The zero-order chi connectivity index (χ0) is 17.1. The number of anilines is 1. The van der Waals surface area contributed by atoms with Gasteiger partial charge < -0.3 is 15.1 Å². The maximum absolute atomic E-state index is 12.0. The van der Waals surface area contributed by atoms with Gasteiger partial charge in [0.25, 0.3) is 0 Å². The van der Waals surface area contributed by atoms with E-state index in [1.807, 2.05) is 51.1 Å². The highest BCUT2D eigenvalue weighted by molar-refractivity contribution is 5.89. The average Bonchev–Trinajstić information content (AvgIpc) is 2.87. The first-order valence-corrected chi connectivity index (χ1v) is 7.86. The average molecular weight is 324 g/mol. The second kappa shape index (κ2) is 6.70. The van der Waals surface area contributed by atoms with Crippen molar-refractivity contribution in [3.05, 3.63) is 53.2 Å². The van der Waals surface area contributed by atoms with Crippen LogP contribution in [-0.2, 0) is 6.42 Å². The van der Waals surface area contributed by atoms with E-state index < -0.39 is 0 Å². The number of aromatic nitrogens is 2. The summed E-state index contributed by atoms with van der Waals surface area (Å²) in [6, 6.07) is 9.28. The molecule has 0 saturated carbocycles. The number of rotatable bonds is 4. The number of aryl methyl sites for hydroxylation is 3. The Bertz CT molecular complexity index is 866. The second-order valence-corrected chi connectivity index (χ2v) is 5.77. The number of benzene rings is 1. The van der Waals surface area contributed by atoms with E-state index in [1.165, 1.54) is 0 Å². The molecule has 0 unspecified atom stereocenters. The summed E-state index contributed by atoms with van der Waals surface area (Å²) >= 11 is 0. The highest BCUT2D eigenvalue weighted by Gasteiger charge is 2.08. The van der Waals surface area contributed by atoms with Crippen LogP contribution in [0, 0.1) is 20.8 Å². The van der Waals surface area contributed by atoms with Crippen LogP contribution in [0.1, 0.15) is 22.8 Å². The molecule has 0 saturated heterocycles. The number of carbonyl (C=O) groups is 1. The van der Waals surface area contributed by atoms with Crippen LogP contribution in [-0.4, -0.2) is 22.5 Å². The van der Waals surface area contributed by atoms with Crippen molar-refractivity contribution in [2.75, 3.05) is 11.9 Å². The molecule has 3 rings (SSSR count). The normalized spacial score (nSPS) is 10.8. The third-order valence-corrected chi connectivity index (χ3v) is 3.63. The summed E-state index contributed by atoms with van der Waals surface area (Å²) in [5.41, 5.74) is 5.18. The van der Waals surface area contributed by atoms with Crippen LogP contribution in [0.5, 0.6) is 0 Å². The Labute approximate surface area is 140 Å². The number of hydrogen-bond acceptors (Lipinski definition) is 4. The predicted octanol–water partition coefficient (Wildman–Crippen LogP) is 3.51. The number of nitrogens with zero attached hydrogens (tertiary/aromatic N) is 2. The summed E-state index contributed by atoms with van der Waals surface area (Å²) in [5, 5.41) is 5.69. The maximum Gasteiger partial charge on any atom is 0.319 e. The minimum absolute atomic E-state index is 0.233. The molecular formula is C18H20N4O2. The summed E-state index contributed by atoms with van der Waals surface area (Å²) in [6.45, 7) is 6.14. The van der Waals surface area contributed by atoms with Crippen LogP contribution in [0.4, 0.5) is 10.5 Å². The van der Waals surface area contributed by atoms with Gasteiger partial charge in [-0.05, 0) is 44.0 Å². The van der Waals surface area contributed by atoms with E-state index >= 15 is 0 Å². The van der Waals surface area contributed by atoms with Gasteiger partial charge in [0, 0.05) is 30.5 Å². The summed E-state index contributed by atoms with van der Waals surface area (Å²) in [5.74, 6) is 0.645. The lowest BCUT2D eigenvalue weighted by atomic mass is 10.1. The Balaban J connectivity index is 1.58. The van der Waals surface area contributed by atoms with E-state index in [1.54, 1.807) is 0 Å². The van der Waals surface area contributed by atoms with Crippen LogP contribution < -0.4 is 10.6 Å². The number of pyridine rings is 1. The van der Waals surface area contributed by atoms with Gasteiger partial charge in [0.1, 0.15) is 5.52 Å². The number of carbonyl (C=O) groups excluding carboxylic acids is 1. The van der Waals surface area contributed by atoms with E-state index in [4.69, 9.17) is 4.42 Å². The number of oxazole rings is 1. The third kappa shape index (κ3) is 3.71. The van der Waals surface area contributed by atoms with Gasteiger partial charge in [0.15, 0.2) is 11.5 Å². The Morgan fingerprint density at radius 1 is 1.12 bits per heavy atom. The summed E-state index contributed by atoms with van der Waals surface area (Å²) in [4.78, 5) is 20.7. The van der Waals surface area contributed by atoms with Gasteiger partial charge >= 0.3 is 6.03 Å². The number of nitrogens with one attached hydrogen (secondary N) is 2. The molecule has 6 heteroatoms. The van der Waals surface area contributed by atoms with Crippen LogP contribution in [0.15, 0.2) is 34.7 Å². The monoisotopic (exact) mass is 324 g/mol. The quantitative estimate of drug-likeness (QED) is 0.769. The SMILES string of the molecule is Cc1cc(NC(=O)NCCc2cccc3oc(C)nc23)cc(C)n1. The van der Waals surface area contributed by atoms with Crippen molar-refractivity contribution in [1.29, 1.82) is 0 Å². The topological polar surface area (TPSA) is 80.0 Å². The molecule has 2 N–H and O–H groups in total. The van der Waals surface area contributed by atoms with Gasteiger partial charge in [-0.25, -0.2) is 9.78 Å². The van der Waals surface area contributed by atoms with Crippen LogP contribution in [0.2, 0.25) is 0 Å². The minimum Gasteiger partial charge on any atom is -0.441 e. The fourth-order valence-corrected chi connectivity index (χ4v) is 2.71. The first-order chi connectivity index (χ1) is 11.5. The Morgan fingerprint density at radius 2 is 1.88 bits per heavy atom. The number of fused-ring (bicyclic) bond motifs is 1. The van der Waals surface area contributed by atoms with Gasteiger partial charge in [-0.15, -0.1) is 0 Å². The summed E-state index contributed by atoms with van der Waals surface area (Å²) in [7, 11) is 0. The molecule has 6 nitrogen and oxygen atoms in total. The molecule has 0 fully saturated rings. The largest absolute Gasteiger partial charge is 0.441 e. The Morgan fingerprint density at radius 3 is 2.62 bits per heavy atom. The van der Waals surface area contributed by atoms with Gasteiger partial charge in [0.05, 0.1) is 0 Å². The number of para-hydroxylation sites is 1. The Kier molecular flexibility index (Phi) is 4.46. The molecule has 0 radical (unpaired) electrons. The molecule has 2 aromatic heterocycles. The zero-order valence-electron chi connectivity index (χ0n) is 14.0. The highest BCUT2D eigenvalue weighted by Crippen LogP contribution is 2.19. The van der Waals surface area contributed by atoms with E-state index in [0.29, 0.717) is 18.9 Å². The third-order valence-electron chi connectivity index (χ3n) is 3.63. The molecule has 0 bridgehead atoms. The highest BCUT2D eigenvalue weighted by atomic mass is 16.3. The molecule has 124 valence electrons. The molecule has 1 aromatic carbocycles. The number of hydrogen-bond donors (Lipinski definition) is 2. The maximum atomic E-state index is 12.0. The van der Waals surface area contributed by atoms with Crippen molar-refractivity contribution in [3.63, 3.8) is 0 Å². The van der Waals surface area contributed by atoms with Crippen molar-refractivity contribution in [3.8, 4) is 0 Å².